The maximum atomic E-state index is 4.14. The summed E-state index contributed by atoms with van der Waals surface area (Å²) in [6.07, 6.45) is 1.76. The molecule has 0 saturated heterocycles. The van der Waals surface area contributed by atoms with Crippen LogP contribution in [-0.4, -0.2) is 29.8 Å². The quantitative estimate of drug-likeness (QED) is 0.506. The Bertz CT molecular complexity index is 218. The van der Waals surface area contributed by atoms with Crippen molar-refractivity contribution in [3.8, 4) is 0 Å². The second-order valence-corrected chi connectivity index (χ2v) is 2.85. The molecule has 0 N–H and O–H groups in total. The van der Waals surface area contributed by atoms with Crippen molar-refractivity contribution in [2.24, 2.45) is 5.10 Å². The highest BCUT2D eigenvalue weighted by Gasteiger charge is 1.88. The Morgan fingerprint density at radius 1 is 1.82 bits per heavy atom. The monoisotopic (exact) mass is 169 g/mol. The zero-order valence-electron chi connectivity index (χ0n) is 6.69. The molecule has 4 heteroatoms. The van der Waals surface area contributed by atoms with Crippen LogP contribution in [-0.2, 0) is 0 Å². The summed E-state index contributed by atoms with van der Waals surface area (Å²) in [5, 5.41) is 7.96. The van der Waals surface area contributed by atoms with E-state index in [-0.39, 0.29) is 0 Å². The van der Waals surface area contributed by atoms with Crippen LogP contribution in [0.3, 0.4) is 0 Å². The first-order valence-electron chi connectivity index (χ1n) is 3.46. The van der Waals surface area contributed by atoms with Crippen LogP contribution < -0.4 is 0 Å². The van der Waals surface area contributed by atoms with Gasteiger partial charge >= 0.3 is 0 Å². The zero-order valence-corrected chi connectivity index (χ0v) is 7.51. The topological polar surface area (TPSA) is 28.5 Å². The van der Waals surface area contributed by atoms with E-state index in [0.717, 1.165) is 12.2 Å². The van der Waals surface area contributed by atoms with Gasteiger partial charge in [0.05, 0.1) is 17.4 Å². The summed E-state index contributed by atoms with van der Waals surface area (Å²) < 4.78 is 0. The molecular formula is C7H11N3S. The third-order valence-electron chi connectivity index (χ3n) is 1.30. The van der Waals surface area contributed by atoms with E-state index in [1.807, 2.05) is 17.4 Å². The van der Waals surface area contributed by atoms with Crippen LogP contribution in [0, 0.1) is 0 Å². The summed E-state index contributed by atoms with van der Waals surface area (Å²) >= 11 is 1.58. The average molecular weight is 169 g/mol. The molecule has 0 aliphatic carbocycles. The number of rotatable bonds is 3. The Kier molecular flexibility index (Phi) is 3.04. The molecular weight excluding hydrogens is 158 g/mol. The molecule has 0 aliphatic heterocycles. The molecule has 1 heterocycles. The van der Waals surface area contributed by atoms with Crippen molar-refractivity contribution in [3.63, 3.8) is 0 Å². The van der Waals surface area contributed by atoms with E-state index in [1.165, 1.54) is 0 Å². The Morgan fingerprint density at radius 2 is 2.64 bits per heavy atom. The minimum Gasteiger partial charge on any atom is -0.300 e. The first-order chi connectivity index (χ1) is 5.33. The fraction of sp³-hybridized carbons (Fsp3) is 0.429. The molecule has 0 bridgehead atoms. The highest BCUT2D eigenvalue weighted by Crippen LogP contribution is 1.97. The standard InChI is InChI=1S/C7H11N3S/c1-3-10(2)9-4-7-5-11-6-8-7/h4-6H,3H2,1-2H3/b9-4+. The van der Waals surface area contributed by atoms with Gasteiger partial charge in [-0.05, 0) is 6.92 Å². The predicted octanol–water partition coefficient (Wildman–Crippen LogP) is 1.43. The third-order valence-corrected chi connectivity index (χ3v) is 1.90. The van der Waals surface area contributed by atoms with Gasteiger partial charge in [-0.3, -0.25) is 0 Å². The van der Waals surface area contributed by atoms with Crippen molar-refractivity contribution >= 4 is 17.6 Å². The van der Waals surface area contributed by atoms with Crippen molar-refractivity contribution < 1.29 is 0 Å². The summed E-state index contributed by atoms with van der Waals surface area (Å²) in [5.41, 5.74) is 2.73. The smallest absolute Gasteiger partial charge is 0.0939 e. The van der Waals surface area contributed by atoms with Crippen LogP contribution in [0.4, 0.5) is 0 Å². The molecule has 60 valence electrons. The van der Waals surface area contributed by atoms with Crippen LogP contribution in [0.1, 0.15) is 12.6 Å². The Balaban J connectivity index is 2.48. The van der Waals surface area contributed by atoms with Crippen molar-refractivity contribution in [3.05, 3.63) is 16.6 Å². The lowest BCUT2D eigenvalue weighted by Gasteiger charge is -2.06. The molecule has 1 rings (SSSR count). The molecule has 0 fully saturated rings. The fourth-order valence-corrected chi connectivity index (χ4v) is 1.03. The first-order valence-corrected chi connectivity index (χ1v) is 4.40. The molecule has 0 amide bonds. The van der Waals surface area contributed by atoms with Crippen LogP contribution in [0.25, 0.3) is 0 Å². The molecule has 0 aliphatic rings. The molecule has 0 spiro atoms. The van der Waals surface area contributed by atoms with Crippen LogP contribution in [0.15, 0.2) is 16.0 Å². The van der Waals surface area contributed by atoms with Gasteiger partial charge in [0.1, 0.15) is 0 Å². The lowest BCUT2D eigenvalue weighted by atomic mass is 10.5. The van der Waals surface area contributed by atoms with Gasteiger partial charge in [0, 0.05) is 19.0 Å². The average Bonchev–Trinajstić information content (AvgIpc) is 2.52. The van der Waals surface area contributed by atoms with Gasteiger partial charge < -0.3 is 5.01 Å². The van der Waals surface area contributed by atoms with E-state index in [4.69, 9.17) is 0 Å². The van der Waals surface area contributed by atoms with Crippen molar-refractivity contribution in [2.75, 3.05) is 13.6 Å². The molecule has 3 nitrogen and oxygen atoms in total. The minimum atomic E-state index is 0.917. The Morgan fingerprint density at radius 3 is 3.18 bits per heavy atom. The number of hydrogen-bond donors (Lipinski definition) is 0. The van der Waals surface area contributed by atoms with Crippen LogP contribution in [0.5, 0.6) is 0 Å². The summed E-state index contributed by atoms with van der Waals surface area (Å²) in [6, 6.07) is 0. The fourth-order valence-electron chi connectivity index (χ4n) is 0.525. The Labute approximate surface area is 70.4 Å². The normalized spacial score (nSPS) is 10.7. The maximum absolute atomic E-state index is 4.14. The first kappa shape index (κ1) is 8.20. The SMILES string of the molecule is CCN(C)/N=C/c1cscn1. The largest absolute Gasteiger partial charge is 0.300 e. The Hall–Kier alpha value is -0.900. The number of thiazole rings is 1. The molecule has 0 atom stereocenters. The molecule has 1 aromatic rings. The van der Waals surface area contributed by atoms with Gasteiger partial charge in [0.2, 0.25) is 0 Å². The van der Waals surface area contributed by atoms with Gasteiger partial charge in [-0.15, -0.1) is 11.3 Å². The highest BCUT2D eigenvalue weighted by molar-refractivity contribution is 7.07. The molecule has 11 heavy (non-hydrogen) atoms. The van der Waals surface area contributed by atoms with Crippen molar-refractivity contribution in [2.45, 2.75) is 6.92 Å². The van der Waals surface area contributed by atoms with Crippen molar-refractivity contribution in [1.29, 1.82) is 0 Å². The summed E-state index contributed by atoms with van der Waals surface area (Å²) in [7, 11) is 1.93. The van der Waals surface area contributed by atoms with Crippen LogP contribution >= 0.6 is 11.3 Å². The van der Waals surface area contributed by atoms with E-state index >= 15 is 0 Å². The molecule has 1 aromatic heterocycles. The second-order valence-electron chi connectivity index (χ2n) is 2.13. The predicted molar refractivity (Wildman–Crippen MR) is 48.0 cm³/mol. The highest BCUT2D eigenvalue weighted by atomic mass is 32.1. The number of hydrogen-bond acceptors (Lipinski definition) is 4. The van der Waals surface area contributed by atoms with E-state index in [2.05, 4.69) is 17.0 Å². The van der Waals surface area contributed by atoms with Gasteiger partial charge in [0.15, 0.2) is 0 Å². The summed E-state index contributed by atoms with van der Waals surface area (Å²) in [4.78, 5) is 4.07. The minimum absolute atomic E-state index is 0.917. The van der Waals surface area contributed by atoms with E-state index in [9.17, 15) is 0 Å². The lowest BCUT2D eigenvalue weighted by molar-refractivity contribution is 0.377. The zero-order chi connectivity index (χ0) is 8.10. The summed E-state index contributed by atoms with van der Waals surface area (Å²) in [5.74, 6) is 0. The van der Waals surface area contributed by atoms with Gasteiger partial charge in [-0.1, -0.05) is 0 Å². The van der Waals surface area contributed by atoms with Gasteiger partial charge in [-0.25, -0.2) is 4.98 Å². The molecule has 0 unspecified atom stereocenters. The third kappa shape index (κ3) is 2.67. The second kappa shape index (κ2) is 4.08. The van der Waals surface area contributed by atoms with Crippen LogP contribution in [0.2, 0.25) is 0 Å². The number of nitrogens with zero attached hydrogens (tertiary/aromatic N) is 3. The summed E-state index contributed by atoms with van der Waals surface area (Å²) in [6.45, 7) is 2.97. The molecule has 0 aromatic carbocycles. The van der Waals surface area contributed by atoms with E-state index in [0.29, 0.717) is 0 Å². The number of hydrazone groups is 1. The number of aromatic nitrogens is 1. The maximum Gasteiger partial charge on any atom is 0.0939 e. The molecule has 0 saturated carbocycles. The van der Waals surface area contributed by atoms with Gasteiger partial charge in [-0.2, -0.15) is 5.10 Å². The van der Waals surface area contributed by atoms with E-state index in [1.54, 1.807) is 23.1 Å². The molecule has 0 radical (unpaired) electrons. The van der Waals surface area contributed by atoms with E-state index < -0.39 is 0 Å². The lowest BCUT2D eigenvalue weighted by Crippen LogP contribution is -2.09. The van der Waals surface area contributed by atoms with Gasteiger partial charge in [0.25, 0.3) is 0 Å². The van der Waals surface area contributed by atoms with Crippen molar-refractivity contribution in [1.82, 2.24) is 9.99 Å².